The monoisotopic (exact) mass is 400 g/mol. The van der Waals surface area contributed by atoms with E-state index in [9.17, 15) is 4.79 Å². The van der Waals surface area contributed by atoms with Crippen molar-refractivity contribution < 1.29 is 9.53 Å². The molecule has 1 N–H and O–H groups in total. The topological polar surface area (TPSA) is 50.7 Å². The van der Waals surface area contributed by atoms with Crippen LogP contribution in [0.3, 0.4) is 0 Å². The van der Waals surface area contributed by atoms with Gasteiger partial charge in [0.25, 0.3) is 0 Å². The Hall–Kier alpha value is -1.92. The number of thioether (sulfide) groups is 2. The van der Waals surface area contributed by atoms with Gasteiger partial charge in [-0.05, 0) is 37.1 Å². The van der Waals surface area contributed by atoms with Gasteiger partial charge in [0.05, 0.1) is 12.0 Å². The lowest BCUT2D eigenvalue weighted by Crippen LogP contribution is -2.31. The molecule has 0 aromatic heterocycles. The molecule has 4 nitrogen and oxygen atoms in total. The van der Waals surface area contributed by atoms with E-state index in [-0.39, 0.29) is 5.91 Å². The van der Waals surface area contributed by atoms with Gasteiger partial charge in [0.2, 0.25) is 5.91 Å². The van der Waals surface area contributed by atoms with Gasteiger partial charge < -0.3 is 4.74 Å². The van der Waals surface area contributed by atoms with Gasteiger partial charge in [0.1, 0.15) is 11.9 Å². The van der Waals surface area contributed by atoms with E-state index < -0.39 is 0 Å². The molecule has 0 atom stereocenters. The molecule has 2 aromatic rings. The van der Waals surface area contributed by atoms with Crippen LogP contribution in [0.4, 0.5) is 0 Å². The van der Waals surface area contributed by atoms with Gasteiger partial charge in [-0.15, -0.1) is 11.8 Å². The highest BCUT2D eigenvalue weighted by Crippen LogP contribution is 2.24. The molecule has 0 bridgehead atoms. The lowest BCUT2D eigenvalue weighted by molar-refractivity contribution is -0.118. The van der Waals surface area contributed by atoms with Crippen molar-refractivity contribution in [2.45, 2.75) is 25.7 Å². The van der Waals surface area contributed by atoms with Gasteiger partial charge >= 0.3 is 0 Å². The maximum atomic E-state index is 11.9. The Bertz CT molecular complexity index is 799. The Morgan fingerprint density at radius 3 is 2.74 bits per heavy atom. The number of nitrogens with one attached hydrogen (secondary N) is 1. The molecule has 1 aliphatic rings. The fourth-order valence-electron chi connectivity index (χ4n) is 2.77. The number of hydrogen-bond donors (Lipinski definition) is 1. The molecular weight excluding hydrogens is 376 g/mol. The van der Waals surface area contributed by atoms with Crippen molar-refractivity contribution in [3.05, 3.63) is 64.7 Å². The minimum atomic E-state index is -0.0977. The number of carbonyl (C=O) groups excluding carboxylic acids is 1. The van der Waals surface area contributed by atoms with Gasteiger partial charge in [0.15, 0.2) is 0 Å². The van der Waals surface area contributed by atoms with E-state index >= 15 is 0 Å². The molecule has 142 valence electrons. The minimum Gasteiger partial charge on any atom is -0.489 e. The molecule has 0 saturated carbocycles. The summed E-state index contributed by atoms with van der Waals surface area (Å²) in [6.45, 7) is 4.18. The summed E-state index contributed by atoms with van der Waals surface area (Å²) in [5.41, 5.74) is 7.24. The van der Waals surface area contributed by atoms with Crippen LogP contribution in [-0.2, 0) is 10.5 Å². The van der Waals surface area contributed by atoms with Crippen LogP contribution in [0.25, 0.3) is 0 Å². The Kier molecular flexibility index (Phi) is 7.24. The Morgan fingerprint density at radius 1 is 1.26 bits per heavy atom. The van der Waals surface area contributed by atoms with Crippen molar-refractivity contribution in [1.29, 1.82) is 0 Å². The Balaban J connectivity index is 1.41. The molecule has 0 radical (unpaired) electrons. The molecule has 1 fully saturated rings. The van der Waals surface area contributed by atoms with Crippen LogP contribution in [-0.4, -0.2) is 35.5 Å². The molecule has 1 heterocycles. The number of carbonyl (C=O) groups is 1. The second kappa shape index (κ2) is 9.85. The quantitative estimate of drug-likeness (QED) is 0.533. The first kappa shape index (κ1) is 19.8. The Labute approximate surface area is 169 Å². The van der Waals surface area contributed by atoms with Gasteiger partial charge in [-0.1, -0.05) is 41.5 Å². The highest BCUT2D eigenvalue weighted by molar-refractivity contribution is 8.00. The molecule has 1 saturated heterocycles. The predicted molar refractivity (Wildman–Crippen MR) is 116 cm³/mol. The zero-order valence-corrected chi connectivity index (χ0v) is 17.2. The van der Waals surface area contributed by atoms with Crippen LogP contribution in [0, 0.1) is 13.8 Å². The number of ether oxygens (including phenoxy) is 1. The van der Waals surface area contributed by atoms with Crippen LogP contribution in [0.15, 0.2) is 47.6 Å². The van der Waals surface area contributed by atoms with Crippen molar-refractivity contribution in [2.24, 2.45) is 5.10 Å². The average Bonchev–Trinajstić information content (AvgIpc) is 2.58. The number of hydrogen-bond acceptors (Lipinski definition) is 5. The van der Waals surface area contributed by atoms with E-state index in [1.54, 1.807) is 18.0 Å². The molecule has 1 aliphatic heterocycles. The van der Waals surface area contributed by atoms with Crippen LogP contribution < -0.4 is 10.2 Å². The molecule has 2 aromatic carbocycles. The number of nitrogens with zero attached hydrogens (tertiary/aromatic N) is 1. The summed E-state index contributed by atoms with van der Waals surface area (Å²) < 4.78 is 5.86. The molecule has 0 spiro atoms. The van der Waals surface area contributed by atoms with Crippen molar-refractivity contribution in [3.8, 4) is 5.75 Å². The van der Waals surface area contributed by atoms with Gasteiger partial charge in [0, 0.05) is 17.3 Å². The zero-order chi connectivity index (χ0) is 19.1. The van der Waals surface area contributed by atoms with E-state index in [2.05, 4.69) is 42.6 Å². The van der Waals surface area contributed by atoms with Crippen molar-refractivity contribution in [1.82, 2.24) is 5.43 Å². The average molecular weight is 401 g/mol. The minimum absolute atomic E-state index is 0.0977. The van der Waals surface area contributed by atoms with E-state index in [1.165, 1.54) is 16.7 Å². The van der Waals surface area contributed by atoms with Crippen LogP contribution in [0.1, 0.15) is 22.3 Å². The first-order valence-corrected chi connectivity index (χ1v) is 11.2. The second-order valence-corrected chi connectivity index (χ2v) is 8.69. The number of hydrazone groups is 1. The summed E-state index contributed by atoms with van der Waals surface area (Å²) >= 11 is 3.48. The largest absolute Gasteiger partial charge is 0.489 e. The molecule has 6 heteroatoms. The first-order chi connectivity index (χ1) is 13.1. The van der Waals surface area contributed by atoms with Gasteiger partial charge in [-0.3, -0.25) is 4.79 Å². The first-order valence-electron chi connectivity index (χ1n) is 8.90. The third-order valence-corrected chi connectivity index (χ3v) is 6.17. The predicted octanol–water partition coefficient (Wildman–Crippen LogP) is 4.18. The lowest BCUT2D eigenvalue weighted by atomic mass is 10.1. The summed E-state index contributed by atoms with van der Waals surface area (Å²) in [4.78, 5) is 11.9. The fourth-order valence-corrected chi connectivity index (χ4v) is 4.09. The molecular formula is C21H24N2O2S2. The van der Waals surface area contributed by atoms with Gasteiger partial charge in [-0.25, -0.2) is 5.43 Å². The molecule has 27 heavy (non-hydrogen) atoms. The van der Waals surface area contributed by atoms with Gasteiger partial charge in [-0.2, -0.15) is 16.9 Å². The van der Waals surface area contributed by atoms with Crippen LogP contribution in [0.5, 0.6) is 5.75 Å². The third-order valence-electron chi connectivity index (χ3n) is 3.95. The van der Waals surface area contributed by atoms with E-state index in [0.29, 0.717) is 11.9 Å². The standard InChI is InChI=1S/C21H24N2O2S2/c1-15-6-16(2)8-18(7-15)11-26-14-21(24)23-22-10-17-4-3-5-19(9-17)25-20-12-27-13-20/h3-10,20H,11-14H2,1-2H3,(H,23,24)/b22-10+. The molecule has 0 aliphatic carbocycles. The summed E-state index contributed by atoms with van der Waals surface area (Å²) in [7, 11) is 0. The molecule has 0 unspecified atom stereocenters. The maximum absolute atomic E-state index is 11.9. The van der Waals surface area contributed by atoms with Crippen molar-refractivity contribution in [3.63, 3.8) is 0 Å². The molecule has 1 amide bonds. The van der Waals surface area contributed by atoms with Crippen molar-refractivity contribution >= 4 is 35.6 Å². The fraction of sp³-hybridized carbons (Fsp3) is 0.333. The smallest absolute Gasteiger partial charge is 0.250 e. The summed E-state index contributed by atoms with van der Waals surface area (Å²) in [5, 5.41) is 4.05. The third kappa shape index (κ3) is 6.63. The number of amides is 1. The maximum Gasteiger partial charge on any atom is 0.250 e. The number of rotatable bonds is 8. The Morgan fingerprint density at radius 2 is 2.04 bits per heavy atom. The zero-order valence-electron chi connectivity index (χ0n) is 15.6. The number of benzene rings is 2. The summed E-state index contributed by atoms with van der Waals surface area (Å²) in [5.74, 6) is 4.05. The van der Waals surface area contributed by atoms with Crippen molar-refractivity contribution in [2.75, 3.05) is 17.3 Å². The number of aryl methyl sites for hydroxylation is 2. The highest BCUT2D eigenvalue weighted by atomic mass is 32.2. The lowest BCUT2D eigenvalue weighted by Gasteiger charge is -2.25. The second-order valence-electron chi connectivity index (χ2n) is 6.63. The normalized spacial score (nSPS) is 14.1. The highest BCUT2D eigenvalue weighted by Gasteiger charge is 2.19. The van der Waals surface area contributed by atoms with E-state index in [1.807, 2.05) is 36.0 Å². The summed E-state index contributed by atoms with van der Waals surface area (Å²) in [6, 6.07) is 14.2. The van der Waals surface area contributed by atoms with E-state index in [0.717, 1.165) is 28.6 Å². The summed E-state index contributed by atoms with van der Waals surface area (Å²) in [6.07, 6.45) is 1.96. The SMILES string of the molecule is Cc1cc(C)cc(CSCC(=O)N/N=C/c2cccc(OC3CSC3)c2)c1. The van der Waals surface area contributed by atoms with Crippen LogP contribution >= 0.6 is 23.5 Å². The molecule has 3 rings (SSSR count). The van der Waals surface area contributed by atoms with E-state index in [4.69, 9.17) is 4.74 Å². The van der Waals surface area contributed by atoms with Crippen LogP contribution in [0.2, 0.25) is 0 Å².